The molecule has 0 aliphatic carbocycles. The van der Waals surface area contributed by atoms with Gasteiger partial charge in [-0.3, -0.25) is 0 Å². The summed E-state index contributed by atoms with van der Waals surface area (Å²) in [6.45, 7) is 0. The van der Waals surface area contributed by atoms with Gasteiger partial charge in [0.05, 0.1) is 18.0 Å². The first-order valence-electron chi connectivity index (χ1n) is 2.76. The zero-order chi connectivity index (χ0) is 9.46. The van der Waals surface area contributed by atoms with Crippen LogP contribution < -0.4 is 0 Å². The lowest BCUT2D eigenvalue weighted by Gasteiger charge is -1.96. The van der Waals surface area contributed by atoms with Crippen LogP contribution in [0.15, 0.2) is 9.79 Å². The highest BCUT2D eigenvalue weighted by Gasteiger charge is 2.02. The first-order valence-corrected chi connectivity index (χ1v) is 5.29. The molecule has 1 aromatic rings. The van der Waals surface area contributed by atoms with Crippen LogP contribution in [0.4, 0.5) is 0 Å². The van der Waals surface area contributed by atoms with Gasteiger partial charge in [0.25, 0.3) is 0 Å². The van der Waals surface area contributed by atoms with Crippen molar-refractivity contribution in [2.75, 3.05) is 0 Å². The van der Waals surface area contributed by atoms with Gasteiger partial charge in [-0.2, -0.15) is 0 Å². The van der Waals surface area contributed by atoms with E-state index in [9.17, 15) is 0 Å². The molecular formula is C6H2S6. The summed E-state index contributed by atoms with van der Waals surface area (Å²) in [6.07, 6.45) is 0. The van der Waals surface area contributed by atoms with Crippen molar-refractivity contribution in [3.63, 3.8) is 0 Å². The molecule has 0 heterocycles. The Hall–Kier alpha value is 0.800. The molecule has 6 heteroatoms. The SMILES string of the molecule is S=c1c(S)c(S)c(=S)c(=S)c1=S. The van der Waals surface area contributed by atoms with Gasteiger partial charge >= 0.3 is 0 Å². The molecule has 62 valence electrons. The van der Waals surface area contributed by atoms with Crippen molar-refractivity contribution in [2.24, 2.45) is 0 Å². The average molecular weight is 266 g/mol. The van der Waals surface area contributed by atoms with Crippen LogP contribution in [0.2, 0.25) is 0 Å². The predicted octanol–water partition coefficient (Wildman–Crippen LogP) is 4.06. The molecule has 1 rings (SSSR count). The van der Waals surface area contributed by atoms with E-state index < -0.39 is 0 Å². The monoisotopic (exact) mass is 266 g/mol. The summed E-state index contributed by atoms with van der Waals surface area (Å²) < 4.78 is 1.81. The first-order chi connectivity index (χ1) is 5.46. The van der Waals surface area contributed by atoms with E-state index in [4.69, 9.17) is 48.9 Å². The largest absolute Gasteiger partial charge is 0.141 e. The molecule has 0 amide bonds. The van der Waals surface area contributed by atoms with E-state index in [-0.39, 0.29) is 0 Å². The Balaban J connectivity index is 4.15. The lowest BCUT2D eigenvalue weighted by molar-refractivity contribution is 1.21. The van der Waals surface area contributed by atoms with Crippen LogP contribution in [0.3, 0.4) is 0 Å². The Labute approximate surface area is 101 Å². The second-order valence-corrected chi connectivity index (χ2v) is 4.54. The molecule has 0 aliphatic heterocycles. The number of thiol groups is 2. The molecule has 12 heavy (non-hydrogen) atoms. The summed E-state index contributed by atoms with van der Waals surface area (Å²) in [5, 5.41) is 0. The molecule has 0 saturated carbocycles. The fraction of sp³-hybridized carbons (Fsp3) is 0. The molecule has 0 saturated heterocycles. The number of benzene rings is 1. The molecule has 0 aromatic heterocycles. The number of rotatable bonds is 0. The molecule has 0 fully saturated rings. The molecule has 0 nitrogen and oxygen atoms in total. The minimum Gasteiger partial charge on any atom is -0.141 e. The van der Waals surface area contributed by atoms with Gasteiger partial charge < -0.3 is 0 Å². The van der Waals surface area contributed by atoms with E-state index in [0.717, 1.165) is 0 Å². The Kier molecular flexibility index (Phi) is 3.53. The Morgan fingerprint density at radius 2 is 0.833 bits per heavy atom. The molecule has 0 bridgehead atoms. The smallest absolute Gasteiger partial charge is 0.0765 e. The van der Waals surface area contributed by atoms with Crippen molar-refractivity contribution in [2.45, 2.75) is 9.79 Å². The summed E-state index contributed by atoms with van der Waals surface area (Å²) in [5.74, 6) is 0. The van der Waals surface area contributed by atoms with Crippen molar-refractivity contribution in [1.82, 2.24) is 0 Å². The maximum Gasteiger partial charge on any atom is 0.0765 e. The summed E-state index contributed by atoms with van der Waals surface area (Å²) in [4.78, 5) is 1.11. The lowest BCUT2D eigenvalue weighted by Crippen LogP contribution is -1.79. The van der Waals surface area contributed by atoms with Gasteiger partial charge in [0, 0.05) is 9.79 Å². The Bertz CT molecular complexity index is 470. The second-order valence-electron chi connectivity index (χ2n) is 2.01. The van der Waals surface area contributed by atoms with Crippen molar-refractivity contribution >= 4 is 74.1 Å². The molecule has 0 atom stereocenters. The van der Waals surface area contributed by atoms with Gasteiger partial charge in [-0.15, -0.1) is 25.3 Å². The molecule has 0 N–H and O–H groups in total. The van der Waals surface area contributed by atoms with Gasteiger partial charge in [-0.05, 0) is 0 Å². The highest BCUT2D eigenvalue weighted by atomic mass is 32.1. The van der Waals surface area contributed by atoms with Crippen LogP contribution in [0.5, 0.6) is 0 Å². The average Bonchev–Trinajstić information content (AvgIpc) is 2.08. The Morgan fingerprint density at radius 1 is 0.583 bits per heavy atom. The van der Waals surface area contributed by atoms with E-state index >= 15 is 0 Å². The molecule has 0 aliphatic rings. The van der Waals surface area contributed by atoms with Gasteiger partial charge in [0.2, 0.25) is 0 Å². The van der Waals surface area contributed by atoms with Crippen LogP contribution in [0, 0.1) is 18.0 Å². The van der Waals surface area contributed by atoms with Crippen LogP contribution in [0.25, 0.3) is 0 Å². The minimum absolute atomic E-state index is 0.438. The maximum absolute atomic E-state index is 4.99. The zero-order valence-corrected chi connectivity index (χ0v) is 10.6. The van der Waals surface area contributed by atoms with Crippen molar-refractivity contribution in [3.8, 4) is 0 Å². The third-order valence-electron chi connectivity index (χ3n) is 1.27. The fourth-order valence-corrected chi connectivity index (χ4v) is 2.33. The number of hydrogen-bond donors (Lipinski definition) is 2. The third kappa shape index (κ3) is 1.69. The van der Waals surface area contributed by atoms with E-state index in [0.29, 0.717) is 27.8 Å². The van der Waals surface area contributed by atoms with Gasteiger partial charge in [0.15, 0.2) is 0 Å². The summed E-state index contributed by atoms with van der Waals surface area (Å²) in [7, 11) is 0. The second kappa shape index (κ2) is 3.89. The normalized spacial score (nSPS) is 10.2. The zero-order valence-electron chi connectivity index (χ0n) is 5.53. The van der Waals surface area contributed by atoms with E-state index in [2.05, 4.69) is 25.3 Å². The van der Waals surface area contributed by atoms with Crippen LogP contribution >= 0.6 is 74.1 Å². The molecule has 0 unspecified atom stereocenters. The maximum atomic E-state index is 4.99. The topological polar surface area (TPSA) is 0 Å². The Morgan fingerprint density at radius 3 is 1.08 bits per heavy atom. The minimum atomic E-state index is 0.438. The van der Waals surface area contributed by atoms with E-state index in [1.807, 2.05) is 0 Å². The van der Waals surface area contributed by atoms with Crippen molar-refractivity contribution in [1.29, 1.82) is 0 Å². The lowest BCUT2D eigenvalue weighted by atomic mass is 10.3. The third-order valence-corrected chi connectivity index (χ3v) is 4.67. The van der Waals surface area contributed by atoms with Crippen molar-refractivity contribution in [3.05, 3.63) is 18.0 Å². The molecule has 0 radical (unpaired) electrons. The highest BCUT2D eigenvalue weighted by molar-refractivity contribution is 7.84. The summed E-state index contributed by atoms with van der Waals surface area (Å²) >= 11 is 28.2. The summed E-state index contributed by atoms with van der Waals surface area (Å²) in [5.41, 5.74) is 0. The van der Waals surface area contributed by atoms with Crippen molar-refractivity contribution < 1.29 is 0 Å². The molecule has 1 aromatic carbocycles. The highest BCUT2D eigenvalue weighted by Crippen LogP contribution is 2.23. The van der Waals surface area contributed by atoms with E-state index in [1.165, 1.54) is 0 Å². The standard InChI is InChI=1S/C6H2S6/c7-1-2(8)4(10)6(12)5(11)3(1)9/h7-8H. The molecular weight excluding hydrogens is 264 g/mol. The van der Waals surface area contributed by atoms with Gasteiger partial charge in [-0.1, -0.05) is 48.9 Å². The first kappa shape index (κ1) is 10.9. The van der Waals surface area contributed by atoms with Crippen LogP contribution in [-0.2, 0) is 0 Å². The van der Waals surface area contributed by atoms with Crippen LogP contribution in [-0.4, -0.2) is 0 Å². The predicted molar refractivity (Wildman–Crippen MR) is 66.7 cm³/mol. The quantitative estimate of drug-likeness (QED) is 0.536. The fourth-order valence-electron chi connectivity index (χ4n) is 0.636. The number of hydrogen-bond acceptors (Lipinski definition) is 6. The molecule has 0 spiro atoms. The van der Waals surface area contributed by atoms with Gasteiger partial charge in [-0.25, -0.2) is 0 Å². The van der Waals surface area contributed by atoms with E-state index in [1.54, 1.807) is 0 Å². The summed E-state index contributed by atoms with van der Waals surface area (Å²) in [6, 6.07) is 0. The van der Waals surface area contributed by atoms with Gasteiger partial charge in [0.1, 0.15) is 0 Å². The van der Waals surface area contributed by atoms with Crippen LogP contribution in [0.1, 0.15) is 0 Å².